The molecular formula is C46H31NO+. The van der Waals surface area contributed by atoms with Crippen molar-refractivity contribution in [2.75, 3.05) is 0 Å². The van der Waals surface area contributed by atoms with Crippen LogP contribution in [0.3, 0.4) is 0 Å². The third-order valence-corrected chi connectivity index (χ3v) is 9.28. The van der Waals surface area contributed by atoms with Gasteiger partial charge in [-0.15, -0.1) is 0 Å². The molecule has 1 radical (unpaired) electrons. The summed E-state index contributed by atoms with van der Waals surface area (Å²) in [5, 5.41) is 2.40. The van der Waals surface area contributed by atoms with E-state index in [2.05, 4.69) is 193 Å². The van der Waals surface area contributed by atoms with Gasteiger partial charge in [-0.25, -0.2) is 0 Å². The molecule has 2 heteroatoms. The fourth-order valence-electron chi connectivity index (χ4n) is 6.80. The molecule has 225 valence electrons. The van der Waals surface area contributed by atoms with Crippen LogP contribution in [0.1, 0.15) is 0 Å². The quantitative estimate of drug-likeness (QED) is 0.176. The molecule has 0 saturated carbocycles. The van der Waals surface area contributed by atoms with Crippen LogP contribution in [0.25, 0.3) is 55.3 Å². The molecule has 2 nitrogen and oxygen atoms in total. The molecule has 0 spiro atoms. The van der Waals surface area contributed by atoms with Gasteiger partial charge in [0, 0.05) is 23.6 Å². The summed E-state index contributed by atoms with van der Waals surface area (Å²) in [6.07, 6.45) is 0. The molecule has 0 fully saturated rings. The zero-order valence-corrected chi connectivity index (χ0v) is 26.3. The van der Waals surface area contributed by atoms with Gasteiger partial charge < -0.3 is 4.74 Å². The van der Waals surface area contributed by atoms with Gasteiger partial charge in [0.15, 0.2) is 11.5 Å². The number of rotatable bonds is 5. The molecule has 9 rings (SSSR count). The number of hydrogen-bond donors (Lipinski definition) is 0. The first-order valence-corrected chi connectivity index (χ1v) is 16.3. The number of fused-ring (bicyclic) bond motifs is 3. The smallest absolute Gasteiger partial charge is 0.235 e. The van der Waals surface area contributed by atoms with Crippen LogP contribution in [0.5, 0.6) is 11.5 Å². The van der Waals surface area contributed by atoms with Gasteiger partial charge in [-0.3, -0.25) is 0 Å². The minimum absolute atomic E-state index is 0.830. The lowest BCUT2D eigenvalue weighted by Crippen LogP contribution is -2.17. The standard InChI is InChI=1S/C46H31NO/c1-3-10-32(11-4-1)34-18-22-36(23-19-34)39-26-28-43-45(30-39)48-46-31-40(37-24-20-35(21-25-37)33-12-5-2-6-13-33)27-29-44(46)47(43)42-17-9-15-38-14-7-8-16-41(38)42/h1-31H/q+1. The van der Waals surface area contributed by atoms with Crippen molar-refractivity contribution in [2.45, 2.75) is 0 Å². The van der Waals surface area contributed by atoms with Gasteiger partial charge in [0.2, 0.25) is 17.1 Å². The van der Waals surface area contributed by atoms with Crippen LogP contribution in [0.4, 0.5) is 17.1 Å². The Morgan fingerprint density at radius 2 is 0.688 bits per heavy atom. The van der Waals surface area contributed by atoms with Crippen molar-refractivity contribution in [1.82, 2.24) is 4.90 Å². The minimum Gasteiger partial charge on any atom is -0.444 e. The zero-order valence-electron chi connectivity index (χ0n) is 26.3. The summed E-state index contributed by atoms with van der Waals surface area (Å²) in [6.45, 7) is 0. The molecule has 0 N–H and O–H groups in total. The fraction of sp³-hybridized carbons (Fsp3) is 0. The molecule has 0 aromatic heterocycles. The number of nitrogens with zero attached hydrogens (tertiary/aromatic N) is 1. The maximum atomic E-state index is 6.81. The normalized spacial score (nSPS) is 12.2. The highest BCUT2D eigenvalue weighted by Gasteiger charge is 2.38. The van der Waals surface area contributed by atoms with E-state index >= 15 is 0 Å². The third-order valence-electron chi connectivity index (χ3n) is 9.28. The summed E-state index contributed by atoms with van der Waals surface area (Å²) in [5.41, 5.74) is 12.5. The Balaban J connectivity index is 1.14. The number of ether oxygens (including phenoxy) is 1. The van der Waals surface area contributed by atoms with Crippen LogP contribution < -0.4 is 9.64 Å². The van der Waals surface area contributed by atoms with Crippen LogP contribution in [0.15, 0.2) is 188 Å². The Kier molecular flexibility index (Phi) is 6.92. The predicted octanol–water partition coefficient (Wildman–Crippen LogP) is 13.0. The monoisotopic (exact) mass is 613 g/mol. The van der Waals surface area contributed by atoms with E-state index in [4.69, 9.17) is 4.74 Å². The van der Waals surface area contributed by atoms with Gasteiger partial charge in [0.25, 0.3) is 0 Å². The molecule has 8 aromatic carbocycles. The van der Waals surface area contributed by atoms with E-state index in [-0.39, 0.29) is 0 Å². The van der Waals surface area contributed by atoms with Gasteiger partial charge in [-0.05, 0) is 80.2 Å². The van der Waals surface area contributed by atoms with E-state index in [1.807, 2.05) is 0 Å². The highest BCUT2D eigenvalue weighted by molar-refractivity contribution is 5.97. The zero-order chi connectivity index (χ0) is 31.9. The van der Waals surface area contributed by atoms with E-state index in [0.717, 1.165) is 50.8 Å². The first kappa shape index (κ1) is 28.0. The number of hydrogen-bond acceptors (Lipinski definition) is 2. The average molecular weight is 614 g/mol. The Morgan fingerprint density at radius 3 is 1.21 bits per heavy atom. The molecule has 48 heavy (non-hydrogen) atoms. The van der Waals surface area contributed by atoms with Gasteiger partial charge in [0.1, 0.15) is 0 Å². The highest BCUT2D eigenvalue weighted by atomic mass is 16.5. The second-order valence-corrected chi connectivity index (χ2v) is 12.2. The first-order chi connectivity index (χ1) is 23.8. The van der Waals surface area contributed by atoms with Crippen molar-refractivity contribution < 1.29 is 4.74 Å². The minimum atomic E-state index is 0.830. The van der Waals surface area contributed by atoms with Crippen LogP contribution in [0.2, 0.25) is 0 Å². The van der Waals surface area contributed by atoms with Crippen molar-refractivity contribution in [3.05, 3.63) is 188 Å². The summed E-state index contributed by atoms with van der Waals surface area (Å²) in [5.74, 6) is 1.66. The van der Waals surface area contributed by atoms with Crippen LogP contribution in [-0.4, -0.2) is 0 Å². The van der Waals surface area contributed by atoms with Gasteiger partial charge in [-0.1, -0.05) is 144 Å². The molecule has 0 aliphatic carbocycles. The largest absolute Gasteiger partial charge is 0.444 e. The van der Waals surface area contributed by atoms with Gasteiger partial charge in [0.05, 0.1) is 0 Å². The van der Waals surface area contributed by atoms with E-state index in [1.54, 1.807) is 0 Å². The molecular weight excluding hydrogens is 583 g/mol. The second kappa shape index (κ2) is 11.9. The maximum Gasteiger partial charge on any atom is 0.235 e. The van der Waals surface area contributed by atoms with Crippen molar-refractivity contribution in [1.29, 1.82) is 0 Å². The van der Waals surface area contributed by atoms with Crippen LogP contribution >= 0.6 is 0 Å². The highest BCUT2D eigenvalue weighted by Crippen LogP contribution is 2.53. The summed E-state index contributed by atoms with van der Waals surface area (Å²) < 4.78 is 6.81. The van der Waals surface area contributed by atoms with Crippen molar-refractivity contribution >= 4 is 27.8 Å². The molecule has 0 atom stereocenters. The summed E-state index contributed by atoms with van der Waals surface area (Å²) in [7, 11) is 0. The van der Waals surface area contributed by atoms with E-state index < -0.39 is 0 Å². The van der Waals surface area contributed by atoms with Crippen molar-refractivity contribution in [2.24, 2.45) is 0 Å². The second-order valence-electron chi connectivity index (χ2n) is 12.2. The molecule has 0 amide bonds. The van der Waals surface area contributed by atoms with Crippen molar-refractivity contribution in [3.8, 4) is 56.0 Å². The summed E-state index contributed by atoms with van der Waals surface area (Å²) in [4.78, 5) is 2.35. The van der Waals surface area contributed by atoms with Gasteiger partial charge in [-0.2, -0.15) is 0 Å². The Hall–Kier alpha value is -6.22. The number of anilines is 3. The Morgan fingerprint density at radius 1 is 0.292 bits per heavy atom. The average Bonchev–Trinajstić information content (AvgIpc) is 3.17. The molecule has 1 aliphatic rings. The van der Waals surface area contributed by atoms with E-state index in [1.165, 1.54) is 33.0 Å². The summed E-state index contributed by atoms with van der Waals surface area (Å²) in [6, 6.07) is 66.8. The first-order valence-electron chi connectivity index (χ1n) is 16.3. The number of benzene rings is 8. The SMILES string of the molecule is c1ccc(-c2ccc(-c3ccc4c(c3)Oc3cc(-c5ccc(-c6ccccc6)cc5)ccc3[N+]4c3cccc4ccccc34)cc2)cc1. The molecule has 0 bridgehead atoms. The van der Waals surface area contributed by atoms with Crippen LogP contribution in [0, 0.1) is 0 Å². The lowest BCUT2D eigenvalue weighted by atomic mass is 9.98. The van der Waals surface area contributed by atoms with Gasteiger partial charge >= 0.3 is 0 Å². The third kappa shape index (κ3) is 5.06. The Labute approximate surface area is 280 Å². The van der Waals surface area contributed by atoms with E-state index in [0.29, 0.717) is 0 Å². The topological polar surface area (TPSA) is 15.1 Å². The Bertz CT molecular complexity index is 2260. The summed E-state index contributed by atoms with van der Waals surface area (Å²) >= 11 is 0. The maximum absolute atomic E-state index is 6.81. The molecule has 1 heterocycles. The predicted molar refractivity (Wildman–Crippen MR) is 200 cm³/mol. The van der Waals surface area contributed by atoms with Crippen molar-refractivity contribution in [3.63, 3.8) is 0 Å². The molecule has 0 unspecified atom stereocenters. The van der Waals surface area contributed by atoms with E-state index in [9.17, 15) is 0 Å². The lowest BCUT2D eigenvalue weighted by molar-refractivity contribution is 0.463. The molecule has 1 aliphatic heterocycles. The fourth-order valence-corrected chi connectivity index (χ4v) is 6.80. The molecule has 8 aromatic rings. The van der Waals surface area contributed by atoms with Crippen LogP contribution in [-0.2, 0) is 0 Å². The molecule has 0 saturated heterocycles. The lowest BCUT2D eigenvalue weighted by Gasteiger charge is -2.23.